The zero-order valence-corrected chi connectivity index (χ0v) is 16.4. The van der Waals surface area contributed by atoms with Crippen molar-refractivity contribution in [3.8, 4) is 5.75 Å². The molecule has 0 bridgehead atoms. The summed E-state index contributed by atoms with van der Waals surface area (Å²) in [6.07, 6.45) is 4.13. The molecule has 0 spiro atoms. The number of amides is 1. The highest BCUT2D eigenvalue weighted by Crippen LogP contribution is 2.36. The average Bonchev–Trinajstić information content (AvgIpc) is 3.26. The number of carbonyl (C=O) groups is 1. The minimum atomic E-state index is -0.274. The Labute approximate surface area is 165 Å². The SMILES string of the molecule is O=C1c2c(OCc3ccccc3)c(=O)c(Br)cn2CC2N1CC1CCCN12. The van der Waals surface area contributed by atoms with E-state index in [1.54, 1.807) is 6.20 Å². The molecule has 3 aliphatic heterocycles. The highest BCUT2D eigenvalue weighted by molar-refractivity contribution is 9.10. The summed E-state index contributed by atoms with van der Waals surface area (Å²) < 4.78 is 8.20. The normalized spacial score (nSPS) is 23.9. The molecule has 6 nitrogen and oxygen atoms in total. The zero-order valence-electron chi connectivity index (χ0n) is 14.8. The molecule has 5 rings (SSSR count). The van der Waals surface area contributed by atoms with Crippen LogP contribution in [-0.4, -0.2) is 45.6 Å². The van der Waals surface area contributed by atoms with E-state index in [1.807, 2.05) is 39.8 Å². The number of nitrogens with zero attached hydrogens (tertiary/aromatic N) is 3. The maximum absolute atomic E-state index is 13.3. The molecule has 7 heteroatoms. The second-order valence-electron chi connectivity index (χ2n) is 7.38. The maximum atomic E-state index is 13.3. The third-order valence-electron chi connectivity index (χ3n) is 5.82. The lowest BCUT2D eigenvalue weighted by Gasteiger charge is -2.36. The molecule has 2 unspecified atom stereocenters. The van der Waals surface area contributed by atoms with Gasteiger partial charge in [-0.25, -0.2) is 0 Å². The first-order chi connectivity index (χ1) is 13.1. The van der Waals surface area contributed by atoms with Crippen molar-refractivity contribution in [2.45, 2.75) is 38.2 Å². The smallest absolute Gasteiger partial charge is 0.275 e. The van der Waals surface area contributed by atoms with E-state index in [1.165, 1.54) is 6.42 Å². The van der Waals surface area contributed by atoms with Crippen molar-refractivity contribution in [2.24, 2.45) is 0 Å². The molecule has 1 aromatic carbocycles. The summed E-state index contributed by atoms with van der Waals surface area (Å²) in [7, 11) is 0. The van der Waals surface area contributed by atoms with Gasteiger partial charge in [0.15, 0.2) is 11.4 Å². The predicted molar refractivity (Wildman–Crippen MR) is 104 cm³/mol. The Morgan fingerprint density at radius 3 is 2.78 bits per heavy atom. The van der Waals surface area contributed by atoms with Gasteiger partial charge in [-0.1, -0.05) is 30.3 Å². The lowest BCUT2D eigenvalue weighted by atomic mass is 10.1. The molecule has 2 saturated heterocycles. The fourth-order valence-corrected chi connectivity index (χ4v) is 4.97. The number of halogens is 1. The fraction of sp³-hybridized carbons (Fsp3) is 0.400. The van der Waals surface area contributed by atoms with Crippen molar-refractivity contribution in [1.82, 2.24) is 14.4 Å². The fourth-order valence-electron chi connectivity index (χ4n) is 4.54. The van der Waals surface area contributed by atoms with Crippen LogP contribution in [0.15, 0.2) is 45.8 Å². The van der Waals surface area contributed by atoms with E-state index in [-0.39, 0.29) is 29.9 Å². The van der Waals surface area contributed by atoms with E-state index in [9.17, 15) is 9.59 Å². The summed E-state index contributed by atoms with van der Waals surface area (Å²) in [5.74, 6) is 0.0389. The van der Waals surface area contributed by atoms with E-state index in [0.717, 1.165) is 25.1 Å². The van der Waals surface area contributed by atoms with Crippen molar-refractivity contribution < 1.29 is 9.53 Å². The first-order valence-corrected chi connectivity index (χ1v) is 10.1. The minimum Gasteiger partial charge on any atom is -0.483 e. The lowest BCUT2D eigenvalue weighted by Crippen LogP contribution is -2.50. The third-order valence-corrected chi connectivity index (χ3v) is 6.38. The highest BCUT2D eigenvalue weighted by atomic mass is 79.9. The largest absolute Gasteiger partial charge is 0.483 e. The Bertz CT molecular complexity index is 959. The van der Waals surface area contributed by atoms with Crippen molar-refractivity contribution in [3.05, 3.63) is 62.5 Å². The molecule has 4 heterocycles. The number of aromatic nitrogens is 1. The zero-order chi connectivity index (χ0) is 18.5. The van der Waals surface area contributed by atoms with Gasteiger partial charge < -0.3 is 14.2 Å². The van der Waals surface area contributed by atoms with Crippen LogP contribution in [0.4, 0.5) is 0 Å². The number of ether oxygens (including phenoxy) is 1. The molecule has 140 valence electrons. The molecule has 0 saturated carbocycles. The molecule has 2 atom stereocenters. The molecule has 3 aliphatic rings. The third kappa shape index (κ3) is 2.72. The van der Waals surface area contributed by atoms with Gasteiger partial charge in [0.2, 0.25) is 5.43 Å². The lowest BCUT2D eigenvalue weighted by molar-refractivity contribution is 0.0511. The van der Waals surface area contributed by atoms with Gasteiger partial charge in [-0.2, -0.15) is 0 Å². The second-order valence-corrected chi connectivity index (χ2v) is 8.24. The van der Waals surface area contributed by atoms with Crippen LogP contribution in [0.25, 0.3) is 0 Å². The molecular weight excluding hydrogens is 410 g/mol. The van der Waals surface area contributed by atoms with Gasteiger partial charge in [0, 0.05) is 25.3 Å². The van der Waals surface area contributed by atoms with Crippen molar-refractivity contribution in [3.63, 3.8) is 0 Å². The summed E-state index contributed by atoms with van der Waals surface area (Å²) in [6.45, 7) is 2.70. The van der Waals surface area contributed by atoms with Crippen LogP contribution < -0.4 is 10.2 Å². The maximum Gasteiger partial charge on any atom is 0.275 e. The first-order valence-electron chi connectivity index (χ1n) is 9.30. The Morgan fingerprint density at radius 2 is 1.96 bits per heavy atom. The summed E-state index contributed by atoms with van der Waals surface area (Å²) in [5, 5.41) is 0. The van der Waals surface area contributed by atoms with Gasteiger partial charge in [0.05, 0.1) is 11.0 Å². The van der Waals surface area contributed by atoms with E-state index >= 15 is 0 Å². The van der Waals surface area contributed by atoms with E-state index < -0.39 is 0 Å². The van der Waals surface area contributed by atoms with Crippen LogP contribution in [0.5, 0.6) is 5.75 Å². The molecule has 2 fully saturated rings. The number of pyridine rings is 1. The molecule has 27 heavy (non-hydrogen) atoms. The number of benzene rings is 1. The summed E-state index contributed by atoms with van der Waals surface area (Å²) in [6, 6.07) is 10.1. The van der Waals surface area contributed by atoms with Gasteiger partial charge in [0.25, 0.3) is 5.91 Å². The van der Waals surface area contributed by atoms with Crippen molar-refractivity contribution in [1.29, 1.82) is 0 Å². The number of hydrogen-bond acceptors (Lipinski definition) is 4. The predicted octanol–water partition coefficient (Wildman–Crippen LogP) is 2.45. The molecule has 0 aliphatic carbocycles. The molecule has 0 N–H and O–H groups in total. The summed E-state index contributed by atoms with van der Waals surface area (Å²) in [5.41, 5.74) is 1.05. The number of carbonyl (C=O) groups excluding carboxylic acids is 1. The number of rotatable bonds is 3. The second kappa shape index (κ2) is 6.49. The highest BCUT2D eigenvalue weighted by Gasteiger charge is 2.48. The van der Waals surface area contributed by atoms with Crippen LogP contribution in [-0.2, 0) is 13.2 Å². The number of fused-ring (bicyclic) bond motifs is 4. The molecule has 1 amide bonds. The van der Waals surface area contributed by atoms with Crippen LogP contribution >= 0.6 is 15.9 Å². The molecular formula is C20H20BrN3O3. The monoisotopic (exact) mass is 429 g/mol. The summed E-state index contributed by atoms with van der Waals surface area (Å²) in [4.78, 5) is 30.3. The van der Waals surface area contributed by atoms with Gasteiger partial charge in [-0.3, -0.25) is 14.5 Å². The van der Waals surface area contributed by atoms with Crippen molar-refractivity contribution in [2.75, 3.05) is 13.1 Å². The van der Waals surface area contributed by atoms with Crippen LogP contribution in [0, 0.1) is 0 Å². The Kier molecular flexibility index (Phi) is 4.09. The van der Waals surface area contributed by atoms with Crippen LogP contribution in [0.2, 0.25) is 0 Å². The Hall–Kier alpha value is -2.12. The molecule has 1 aromatic heterocycles. The quantitative estimate of drug-likeness (QED) is 0.751. The molecule has 2 aromatic rings. The minimum absolute atomic E-state index is 0.0777. The van der Waals surface area contributed by atoms with Crippen molar-refractivity contribution >= 4 is 21.8 Å². The van der Waals surface area contributed by atoms with E-state index in [4.69, 9.17) is 4.74 Å². The summed E-state index contributed by atoms with van der Waals surface area (Å²) >= 11 is 3.35. The van der Waals surface area contributed by atoms with Gasteiger partial charge >= 0.3 is 0 Å². The average molecular weight is 430 g/mol. The van der Waals surface area contributed by atoms with Gasteiger partial charge in [-0.05, 0) is 34.3 Å². The van der Waals surface area contributed by atoms with E-state index in [2.05, 4.69) is 20.8 Å². The topological polar surface area (TPSA) is 54.8 Å². The van der Waals surface area contributed by atoms with Crippen LogP contribution in [0.3, 0.4) is 0 Å². The Morgan fingerprint density at radius 1 is 1.15 bits per heavy atom. The van der Waals surface area contributed by atoms with E-state index in [0.29, 0.717) is 22.8 Å². The standard InChI is InChI=1S/C20H20BrN3O3/c21-15-10-22-11-16-23-8-4-7-14(23)9-24(16)20(26)17(22)19(18(15)25)27-12-13-5-2-1-3-6-13/h1-3,5-6,10,14,16H,4,7-9,11-12H2. The van der Waals surface area contributed by atoms with Gasteiger partial charge in [0.1, 0.15) is 12.8 Å². The molecule has 0 radical (unpaired) electrons. The first kappa shape index (κ1) is 17.0. The number of hydrogen-bond donors (Lipinski definition) is 0. The van der Waals surface area contributed by atoms with Crippen LogP contribution in [0.1, 0.15) is 28.9 Å². The van der Waals surface area contributed by atoms with Gasteiger partial charge in [-0.15, -0.1) is 0 Å². The Balaban J connectivity index is 1.52.